The second-order valence-electron chi connectivity index (χ2n) is 26.9. The highest BCUT2D eigenvalue weighted by atomic mass is 19.4. The monoisotopic (exact) mass is 1380 g/mol. The third kappa shape index (κ3) is 20.7. The van der Waals surface area contributed by atoms with Crippen LogP contribution in [0.4, 0.5) is 43.9 Å². The van der Waals surface area contributed by atoms with Gasteiger partial charge >= 0.3 is 24.3 Å². The van der Waals surface area contributed by atoms with Crippen molar-refractivity contribution in [3.8, 4) is 22.3 Å². The molecule has 0 spiro atoms. The molecule has 14 nitrogen and oxygen atoms in total. The molecular formula is C74H92F10N6O8. The summed E-state index contributed by atoms with van der Waals surface area (Å²) in [7, 11) is 7.11. The predicted molar refractivity (Wildman–Crippen MR) is 359 cm³/mol. The average Bonchev–Trinajstić information content (AvgIpc) is 0.780. The van der Waals surface area contributed by atoms with Crippen molar-refractivity contribution in [2.45, 2.75) is 178 Å². The molecule has 3 N–H and O–H groups in total. The van der Waals surface area contributed by atoms with Gasteiger partial charge in [-0.25, -0.2) is 17.6 Å². The van der Waals surface area contributed by atoms with Gasteiger partial charge in [0.15, 0.2) is 0 Å². The molecule has 2 unspecified atom stereocenters. The lowest BCUT2D eigenvalue weighted by molar-refractivity contribution is -0.144. The minimum absolute atomic E-state index is 0.00611. The maximum atomic E-state index is 16.7. The lowest BCUT2D eigenvalue weighted by Gasteiger charge is -2.27. The number of carboxylic acids is 1. The molecule has 0 saturated heterocycles. The van der Waals surface area contributed by atoms with Crippen molar-refractivity contribution in [1.82, 2.24) is 29.6 Å². The van der Waals surface area contributed by atoms with Gasteiger partial charge in [-0.05, 0) is 222 Å². The quantitative estimate of drug-likeness (QED) is 0.0333. The summed E-state index contributed by atoms with van der Waals surface area (Å²) in [5.74, 6) is -8.66. The summed E-state index contributed by atoms with van der Waals surface area (Å²) in [5.41, 5.74) is 0.118. The first-order valence-electron chi connectivity index (χ1n) is 32.5. The maximum absolute atomic E-state index is 16.7. The molecule has 0 saturated carbocycles. The molecule has 2 amide bonds. The van der Waals surface area contributed by atoms with Crippen LogP contribution in [0.2, 0.25) is 0 Å². The summed E-state index contributed by atoms with van der Waals surface area (Å²) >= 11 is 0. The zero-order valence-corrected chi connectivity index (χ0v) is 58.9. The fourth-order valence-electron chi connectivity index (χ4n) is 12.7. The van der Waals surface area contributed by atoms with Crippen molar-refractivity contribution < 1.29 is 72.9 Å². The molecule has 0 aliphatic rings. The Hall–Kier alpha value is -8.12. The first kappa shape index (κ1) is 80.6. The van der Waals surface area contributed by atoms with E-state index in [2.05, 4.69) is 10.6 Å². The Morgan fingerprint density at radius 2 is 0.857 bits per heavy atom. The van der Waals surface area contributed by atoms with Crippen LogP contribution >= 0.6 is 0 Å². The van der Waals surface area contributed by atoms with Crippen molar-refractivity contribution in [2.75, 3.05) is 47.9 Å². The van der Waals surface area contributed by atoms with Crippen LogP contribution in [-0.4, -0.2) is 95.7 Å². The number of aryl methyl sites for hydroxylation is 10. The zero-order valence-electron chi connectivity index (χ0n) is 58.9. The Kier molecular flexibility index (Phi) is 28.0. The summed E-state index contributed by atoms with van der Waals surface area (Å²) < 4.78 is 156. The minimum atomic E-state index is -4.82. The summed E-state index contributed by atoms with van der Waals surface area (Å²) in [6.45, 7) is 23.3. The molecule has 536 valence electrons. The zero-order chi connectivity index (χ0) is 73.9. The van der Waals surface area contributed by atoms with E-state index in [1.165, 1.54) is 26.0 Å². The van der Waals surface area contributed by atoms with Crippen LogP contribution in [0.25, 0.3) is 22.3 Å². The second-order valence-corrected chi connectivity index (χ2v) is 26.9. The van der Waals surface area contributed by atoms with Crippen molar-refractivity contribution >= 4 is 23.8 Å². The fourth-order valence-corrected chi connectivity index (χ4v) is 12.7. The molecule has 0 radical (unpaired) electrons. The molecule has 0 bridgehead atoms. The first-order valence-corrected chi connectivity index (χ1v) is 32.5. The Labute approximate surface area is 566 Å². The molecule has 4 aromatic carbocycles. The topological polar surface area (TPSA) is 172 Å². The molecule has 0 aliphatic heterocycles. The summed E-state index contributed by atoms with van der Waals surface area (Å²) in [4.78, 5) is 83.1. The van der Waals surface area contributed by atoms with Gasteiger partial charge in [0.05, 0.1) is 42.7 Å². The van der Waals surface area contributed by atoms with Gasteiger partial charge in [0.1, 0.15) is 35.4 Å². The third-order valence-electron chi connectivity index (χ3n) is 16.8. The molecule has 0 fully saturated rings. The molecule has 6 rings (SSSR count). The SMILES string of the molecule is CCOC(=O)C[C@H](NC(=O)C(CC(C)C)n1cc(CCCN(C)C)c(C(F)(F)F)cc1=O)c1c(F)c(C)cc(-c2c(C)cc(C)cc2C)c1F.Cc1cc(C)c(-c2cc(C)c(F)c([C@H](CC(=O)O)NC(=O)C(CC(C)C)n3cc(CCCN(C)C)c(C(F)(F)F)cc3=O)c2F)c(C)c1. The highest BCUT2D eigenvalue weighted by Gasteiger charge is 2.39. The highest BCUT2D eigenvalue weighted by Crippen LogP contribution is 2.41. The Morgan fingerprint density at radius 3 is 1.15 bits per heavy atom. The number of carbonyl (C=O) groups excluding carboxylic acids is 3. The molecule has 2 heterocycles. The number of aliphatic carboxylic acids is 1. The van der Waals surface area contributed by atoms with Crippen LogP contribution in [0.5, 0.6) is 0 Å². The van der Waals surface area contributed by atoms with Gasteiger partial charge in [0.25, 0.3) is 11.1 Å². The number of nitrogens with zero attached hydrogens (tertiary/aromatic N) is 4. The predicted octanol–water partition coefficient (Wildman–Crippen LogP) is 15.4. The van der Waals surface area contributed by atoms with Crippen LogP contribution in [0.15, 0.2) is 70.5 Å². The number of rotatable bonds is 27. The largest absolute Gasteiger partial charge is 0.481 e. The summed E-state index contributed by atoms with van der Waals surface area (Å²) in [6.07, 6.45) is -8.48. The van der Waals surface area contributed by atoms with Crippen molar-refractivity contribution in [2.24, 2.45) is 11.8 Å². The van der Waals surface area contributed by atoms with E-state index in [1.807, 2.05) is 43.0 Å². The van der Waals surface area contributed by atoms with Crippen LogP contribution in [0, 0.1) is 90.5 Å². The van der Waals surface area contributed by atoms with Gasteiger partial charge in [-0.3, -0.25) is 28.8 Å². The molecule has 98 heavy (non-hydrogen) atoms. The lowest BCUT2D eigenvalue weighted by Crippen LogP contribution is -2.41. The number of carbonyl (C=O) groups is 4. The van der Waals surface area contributed by atoms with E-state index in [4.69, 9.17) is 4.74 Å². The van der Waals surface area contributed by atoms with Gasteiger partial charge in [-0.1, -0.05) is 63.1 Å². The number of ether oxygens (including phenoxy) is 1. The first-order chi connectivity index (χ1) is 45.5. The normalized spacial score (nSPS) is 13.2. The van der Waals surface area contributed by atoms with E-state index in [9.17, 15) is 60.2 Å². The molecule has 6 aromatic rings. The minimum Gasteiger partial charge on any atom is -0.481 e. The third-order valence-corrected chi connectivity index (χ3v) is 16.8. The van der Waals surface area contributed by atoms with Crippen molar-refractivity contribution in [1.29, 1.82) is 0 Å². The van der Waals surface area contributed by atoms with Crippen molar-refractivity contribution in [3.05, 3.63) is 183 Å². The Morgan fingerprint density at radius 1 is 0.520 bits per heavy atom. The van der Waals surface area contributed by atoms with Gasteiger partial charge in [-0.15, -0.1) is 0 Å². The number of alkyl halides is 6. The van der Waals surface area contributed by atoms with E-state index in [0.717, 1.165) is 43.8 Å². The summed E-state index contributed by atoms with van der Waals surface area (Å²) in [6, 6.07) is 5.01. The Balaban J connectivity index is 0.000000354. The van der Waals surface area contributed by atoms with Gasteiger partial charge in [0.2, 0.25) is 11.8 Å². The number of amides is 2. The maximum Gasteiger partial charge on any atom is 0.416 e. The van der Waals surface area contributed by atoms with E-state index in [1.54, 1.807) is 95.4 Å². The molecule has 0 aliphatic carbocycles. The molecule has 4 atom stereocenters. The van der Waals surface area contributed by atoms with Crippen molar-refractivity contribution in [3.63, 3.8) is 0 Å². The van der Waals surface area contributed by atoms with E-state index in [-0.39, 0.29) is 77.5 Å². The number of aromatic nitrogens is 2. The van der Waals surface area contributed by atoms with E-state index in [0.29, 0.717) is 60.3 Å². The number of hydrogen-bond acceptors (Lipinski definition) is 9. The lowest BCUT2D eigenvalue weighted by atomic mass is 9.88. The average molecular weight is 1380 g/mol. The second kappa shape index (κ2) is 34.1. The number of halogens is 10. The van der Waals surface area contributed by atoms with Crippen LogP contribution in [0.3, 0.4) is 0 Å². The Bertz CT molecular complexity index is 3960. The van der Waals surface area contributed by atoms with Gasteiger partial charge in [0, 0.05) is 46.8 Å². The smallest absolute Gasteiger partial charge is 0.416 e. The summed E-state index contributed by atoms with van der Waals surface area (Å²) in [5, 5.41) is 14.8. The van der Waals surface area contributed by atoms with E-state index < -0.39 is 130 Å². The van der Waals surface area contributed by atoms with Crippen LogP contribution < -0.4 is 21.8 Å². The number of nitrogens with one attached hydrogen (secondary N) is 2. The number of benzene rings is 4. The number of pyridine rings is 2. The molecular weight excluding hydrogens is 1290 g/mol. The molecule has 24 heteroatoms. The number of hydrogen-bond donors (Lipinski definition) is 3. The number of esters is 1. The standard InChI is InChI=1S/C38H48F5N3O4.C36H44F5N3O4/c1-10-50-32(48)19-29(34-35(39)25(7)17-27(36(34)40)33-23(5)15-22(4)16-24(33)6)44-37(49)30(14-21(2)3)46-20-26(12-11-13-45(8)9)28(18-31(46)47)38(41,42)43;1-19(2)12-28(44-18-24(10-9-11-43(7)8)26(16-29(44)45)36(39,40)41)35(48)42-27(17-30(46)47)32-33(37)23(6)15-25(34(32)38)31-21(4)13-20(3)14-22(31)5/h15-18,20-21,29-30H,10-14,19H2,1-9H3,(H,44,49);13-16,18-19,27-28H,9-12,17H2,1-8H3,(H,42,48)(H,46,47)/t29-,30?;27-,28?/m00/s1. The fraction of sp³-hybridized carbons (Fsp3) is 0.486. The van der Waals surface area contributed by atoms with Gasteiger partial charge in [-0.2, -0.15) is 26.3 Å². The van der Waals surface area contributed by atoms with Crippen LogP contribution in [0.1, 0.15) is 175 Å². The van der Waals surface area contributed by atoms with Crippen LogP contribution in [-0.2, 0) is 49.1 Å². The van der Waals surface area contributed by atoms with Gasteiger partial charge < -0.3 is 39.4 Å². The number of carboxylic acid groups (broad SMARTS) is 1. The highest BCUT2D eigenvalue weighted by molar-refractivity contribution is 5.84. The molecule has 2 aromatic heterocycles. The van der Waals surface area contributed by atoms with E-state index >= 15 is 17.6 Å².